The molecule has 0 saturated heterocycles. The molecule has 15 heavy (non-hydrogen) atoms. The van der Waals surface area contributed by atoms with Crippen molar-refractivity contribution < 1.29 is 5.11 Å². The molecule has 0 spiro atoms. The third kappa shape index (κ3) is 2.07. The van der Waals surface area contributed by atoms with E-state index in [1.54, 1.807) is 37.4 Å². The van der Waals surface area contributed by atoms with Crippen LogP contribution in [0.5, 0.6) is 5.75 Å². The van der Waals surface area contributed by atoms with Gasteiger partial charge in [-0.1, -0.05) is 23.7 Å². The van der Waals surface area contributed by atoms with Crippen molar-refractivity contribution in [2.24, 2.45) is 0 Å². The molecule has 1 N–H and O–H groups in total. The number of hydrogen-bond acceptors (Lipinski definition) is 3. The normalized spacial score (nSPS) is 10.3. The lowest BCUT2D eigenvalue weighted by atomic mass is 10.1. The van der Waals surface area contributed by atoms with Gasteiger partial charge in [0.05, 0.1) is 0 Å². The summed E-state index contributed by atoms with van der Waals surface area (Å²) in [6, 6.07) is 6.75. The Morgan fingerprint density at radius 3 is 2.47 bits per heavy atom. The van der Waals surface area contributed by atoms with Crippen molar-refractivity contribution in [1.82, 2.24) is 9.97 Å². The topological polar surface area (TPSA) is 46.0 Å². The van der Waals surface area contributed by atoms with Crippen LogP contribution >= 0.6 is 11.6 Å². The minimum absolute atomic E-state index is 0.225. The summed E-state index contributed by atoms with van der Waals surface area (Å²) in [5.41, 5.74) is 1.65. The maximum atomic E-state index is 9.15. The van der Waals surface area contributed by atoms with Crippen molar-refractivity contribution >= 4 is 11.6 Å². The zero-order valence-electron chi connectivity index (χ0n) is 8.11. The second-order valence-electron chi connectivity index (χ2n) is 3.17. The van der Waals surface area contributed by atoms with Gasteiger partial charge < -0.3 is 5.11 Å². The first-order valence-corrected chi connectivity index (χ1v) is 4.83. The number of phenolic OH excluding ortho intramolecular Hbond substituents is 1. The van der Waals surface area contributed by atoms with Crippen LogP contribution in [0, 0.1) is 6.92 Å². The lowest BCUT2D eigenvalue weighted by Crippen LogP contribution is -1.90. The van der Waals surface area contributed by atoms with Gasteiger partial charge in [-0.2, -0.15) is 0 Å². The van der Waals surface area contributed by atoms with Crippen molar-refractivity contribution in [2.45, 2.75) is 6.92 Å². The predicted octanol–water partition coefficient (Wildman–Crippen LogP) is 2.81. The molecule has 76 valence electrons. The first-order valence-electron chi connectivity index (χ1n) is 4.45. The second kappa shape index (κ2) is 3.87. The molecule has 1 aromatic carbocycles. The number of nitrogens with zero attached hydrogens (tertiary/aromatic N) is 2. The van der Waals surface area contributed by atoms with Crippen LogP contribution in [0.2, 0.25) is 5.15 Å². The highest BCUT2D eigenvalue weighted by atomic mass is 35.5. The quantitative estimate of drug-likeness (QED) is 0.752. The van der Waals surface area contributed by atoms with Crippen LogP contribution in [-0.4, -0.2) is 15.1 Å². The fraction of sp³-hybridized carbons (Fsp3) is 0.0909. The Morgan fingerprint density at radius 1 is 1.20 bits per heavy atom. The molecular weight excluding hydrogens is 212 g/mol. The van der Waals surface area contributed by atoms with Gasteiger partial charge >= 0.3 is 0 Å². The van der Waals surface area contributed by atoms with Gasteiger partial charge in [0.15, 0.2) is 0 Å². The van der Waals surface area contributed by atoms with Gasteiger partial charge in [0.25, 0.3) is 0 Å². The van der Waals surface area contributed by atoms with Crippen LogP contribution in [-0.2, 0) is 0 Å². The fourth-order valence-electron chi connectivity index (χ4n) is 1.28. The summed E-state index contributed by atoms with van der Waals surface area (Å²) in [6.45, 7) is 1.78. The molecule has 0 atom stereocenters. The van der Waals surface area contributed by atoms with Crippen molar-refractivity contribution in [1.29, 1.82) is 0 Å². The van der Waals surface area contributed by atoms with E-state index in [1.807, 2.05) is 0 Å². The largest absolute Gasteiger partial charge is 0.508 e. The number of benzene rings is 1. The smallest absolute Gasteiger partial charge is 0.140 e. The minimum Gasteiger partial charge on any atom is -0.508 e. The molecule has 0 saturated carbocycles. The van der Waals surface area contributed by atoms with Gasteiger partial charge in [-0.05, 0) is 24.6 Å². The summed E-state index contributed by atoms with van der Waals surface area (Å²) in [7, 11) is 0. The molecule has 0 aliphatic rings. The summed E-state index contributed by atoms with van der Waals surface area (Å²) in [5.74, 6) is 0.866. The number of hydrogen-bond donors (Lipinski definition) is 1. The Labute approximate surface area is 92.4 Å². The van der Waals surface area contributed by atoms with Crippen molar-refractivity contribution in [2.75, 3.05) is 0 Å². The van der Waals surface area contributed by atoms with E-state index >= 15 is 0 Å². The highest BCUT2D eigenvalue weighted by Crippen LogP contribution is 2.26. The molecule has 2 rings (SSSR count). The predicted molar refractivity (Wildman–Crippen MR) is 58.9 cm³/mol. The zero-order valence-corrected chi connectivity index (χ0v) is 8.86. The molecule has 0 unspecified atom stereocenters. The highest BCUT2D eigenvalue weighted by Gasteiger charge is 2.05. The van der Waals surface area contributed by atoms with Gasteiger partial charge in [0, 0.05) is 11.8 Å². The average Bonchev–Trinajstić information content (AvgIpc) is 2.20. The van der Waals surface area contributed by atoms with E-state index in [2.05, 4.69) is 9.97 Å². The maximum absolute atomic E-state index is 9.15. The van der Waals surface area contributed by atoms with Crippen LogP contribution in [0.4, 0.5) is 0 Å². The standard InChI is InChI=1S/C11H9ClN2O/c1-7-13-6-10(11(12)14-7)8-2-4-9(15)5-3-8/h2-6,15H,1H3. The van der Waals surface area contributed by atoms with E-state index in [-0.39, 0.29) is 5.75 Å². The maximum Gasteiger partial charge on any atom is 0.140 e. The van der Waals surface area contributed by atoms with E-state index in [9.17, 15) is 0 Å². The van der Waals surface area contributed by atoms with Crippen molar-refractivity contribution in [3.63, 3.8) is 0 Å². The second-order valence-corrected chi connectivity index (χ2v) is 3.53. The van der Waals surface area contributed by atoms with Crippen LogP contribution in [0.3, 0.4) is 0 Å². The van der Waals surface area contributed by atoms with Crippen molar-refractivity contribution in [3.8, 4) is 16.9 Å². The SMILES string of the molecule is Cc1ncc(-c2ccc(O)cc2)c(Cl)n1. The van der Waals surface area contributed by atoms with E-state index in [0.29, 0.717) is 11.0 Å². The lowest BCUT2D eigenvalue weighted by Gasteiger charge is -2.03. The van der Waals surface area contributed by atoms with Gasteiger partial charge in [-0.25, -0.2) is 9.97 Å². The van der Waals surface area contributed by atoms with E-state index in [1.165, 1.54) is 0 Å². The molecule has 4 heteroatoms. The molecule has 3 nitrogen and oxygen atoms in total. The molecule has 1 aromatic heterocycles. The van der Waals surface area contributed by atoms with Gasteiger partial charge in [-0.3, -0.25) is 0 Å². The summed E-state index contributed by atoms with van der Waals surface area (Å²) < 4.78 is 0. The average molecular weight is 221 g/mol. The third-order valence-corrected chi connectivity index (χ3v) is 2.33. The number of aromatic nitrogens is 2. The molecule has 0 fully saturated rings. The Bertz CT molecular complexity index is 482. The summed E-state index contributed by atoms with van der Waals surface area (Å²) in [5, 5.41) is 9.58. The Morgan fingerprint density at radius 2 is 1.87 bits per heavy atom. The monoisotopic (exact) mass is 220 g/mol. The van der Waals surface area contributed by atoms with Gasteiger partial charge in [0.2, 0.25) is 0 Å². The van der Waals surface area contributed by atoms with Crippen LogP contribution < -0.4 is 0 Å². The number of aryl methyl sites for hydroxylation is 1. The Kier molecular flexibility index (Phi) is 2.56. The fourth-order valence-corrected chi connectivity index (χ4v) is 1.56. The Balaban J connectivity index is 2.49. The Hall–Kier alpha value is -1.61. The summed E-state index contributed by atoms with van der Waals surface area (Å²) >= 11 is 5.99. The summed E-state index contributed by atoms with van der Waals surface area (Å²) in [6.07, 6.45) is 1.68. The van der Waals surface area contributed by atoms with E-state index in [0.717, 1.165) is 11.1 Å². The zero-order chi connectivity index (χ0) is 10.8. The number of rotatable bonds is 1. The van der Waals surface area contributed by atoms with Crippen molar-refractivity contribution in [3.05, 3.63) is 41.4 Å². The molecule has 0 bridgehead atoms. The molecule has 0 radical (unpaired) electrons. The highest BCUT2D eigenvalue weighted by molar-refractivity contribution is 6.32. The van der Waals surface area contributed by atoms with Crippen LogP contribution in [0.1, 0.15) is 5.82 Å². The molecule has 0 amide bonds. The first-order chi connectivity index (χ1) is 7.16. The first kappa shape index (κ1) is 9.93. The van der Waals surface area contributed by atoms with Crippen LogP contribution in [0.15, 0.2) is 30.5 Å². The lowest BCUT2D eigenvalue weighted by molar-refractivity contribution is 0.475. The van der Waals surface area contributed by atoms with E-state index < -0.39 is 0 Å². The number of phenols is 1. The number of halogens is 1. The third-order valence-electron chi connectivity index (χ3n) is 2.04. The minimum atomic E-state index is 0.225. The van der Waals surface area contributed by atoms with Gasteiger partial charge in [-0.15, -0.1) is 0 Å². The number of aromatic hydroxyl groups is 1. The molecule has 0 aliphatic carbocycles. The molecule has 2 aromatic rings. The molecule has 0 aliphatic heterocycles. The van der Waals surface area contributed by atoms with E-state index in [4.69, 9.17) is 16.7 Å². The molecule has 1 heterocycles. The van der Waals surface area contributed by atoms with Gasteiger partial charge in [0.1, 0.15) is 16.7 Å². The van der Waals surface area contributed by atoms with Crippen LogP contribution in [0.25, 0.3) is 11.1 Å². The molecular formula is C11H9ClN2O. The summed E-state index contributed by atoms with van der Waals surface area (Å²) in [4.78, 5) is 8.14.